The number of benzene rings is 2. The molecule has 1 aromatic heterocycles. The van der Waals surface area contributed by atoms with Crippen molar-refractivity contribution in [3.8, 4) is 16.3 Å². The summed E-state index contributed by atoms with van der Waals surface area (Å²) in [7, 11) is 0. The molecule has 1 N–H and O–H groups in total. The maximum absolute atomic E-state index is 12.6. The van der Waals surface area contributed by atoms with E-state index in [0.717, 1.165) is 22.0 Å². The molecule has 3 aromatic rings. The summed E-state index contributed by atoms with van der Waals surface area (Å²) >= 11 is 1.61. The highest BCUT2D eigenvalue weighted by Crippen LogP contribution is 2.31. The number of para-hydroxylation sites is 2. The largest absolute Gasteiger partial charge is 0.490 e. The van der Waals surface area contributed by atoms with Crippen molar-refractivity contribution in [2.75, 3.05) is 24.6 Å². The molecule has 7 heteroatoms. The molecule has 0 saturated heterocycles. The van der Waals surface area contributed by atoms with Gasteiger partial charge in [0.2, 0.25) is 11.8 Å². The molecule has 0 bridgehead atoms. The Morgan fingerprint density at radius 3 is 2.77 bits per heavy atom. The van der Waals surface area contributed by atoms with Crippen molar-refractivity contribution in [3.63, 3.8) is 0 Å². The predicted octanol–water partition coefficient (Wildman–Crippen LogP) is 3.98. The zero-order valence-electron chi connectivity index (χ0n) is 17.5. The van der Waals surface area contributed by atoms with Crippen LogP contribution < -0.4 is 15.0 Å². The van der Waals surface area contributed by atoms with Gasteiger partial charge in [-0.25, -0.2) is 4.98 Å². The van der Waals surface area contributed by atoms with E-state index in [1.807, 2.05) is 29.6 Å². The zero-order chi connectivity index (χ0) is 21.6. The summed E-state index contributed by atoms with van der Waals surface area (Å²) in [5.41, 5.74) is 4.06. The number of hydrogen-bond donors (Lipinski definition) is 1. The zero-order valence-corrected chi connectivity index (χ0v) is 18.3. The number of amides is 2. The summed E-state index contributed by atoms with van der Waals surface area (Å²) < 4.78 is 5.58. The van der Waals surface area contributed by atoms with Gasteiger partial charge < -0.3 is 15.0 Å². The molecular weight excluding hydrogens is 410 g/mol. The van der Waals surface area contributed by atoms with E-state index in [9.17, 15) is 9.59 Å². The van der Waals surface area contributed by atoms with Gasteiger partial charge in [-0.05, 0) is 19.1 Å². The number of hydrogen-bond acceptors (Lipinski definition) is 5. The van der Waals surface area contributed by atoms with E-state index in [1.165, 1.54) is 5.56 Å². The lowest BCUT2D eigenvalue weighted by Gasteiger charge is -2.29. The lowest BCUT2D eigenvalue weighted by molar-refractivity contribution is -0.125. The van der Waals surface area contributed by atoms with E-state index in [-0.39, 0.29) is 24.7 Å². The molecule has 0 fully saturated rings. The minimum absolute atomic E-state index is 0.0619. The highest BCUT2D eigenvalue weighted by atomic mass is 32.1. The first-order valence-corrected chi connectivity index (χ1v) is 11.3. The molecular formula is C24H25N3O3S. The Balaban J connectivity index is 1.22. The number of rotatable bonds is 7. The van der Waals surface area contributed by atoms with Crippen molar-refractivity contribution in [1.82, 2.24) is 10.3 Å². The van der Waals surface area contributed by atoms with Crippen LogP contribution in [0.3, 0.4) is 0 Å². The van der Waals surface area contributed by atoms with Crippen molar-refractivity contribution >= 4 is 28.8 Å². The Labute approximate surface area is 185 Å². The fourth-order valence-electron chi connectivity index (χ4n) is 3.45. The molecule has 0 saturated carbocycles. The van der Waals surface area contributed by atoms with E-state index in [0.29, 0.717) is 31.9 Å². The summed E-state index contributed by atoms with van der Waals surface area (Å²) in [6.07, 6.45) is 1.01. The lowest BCUT2D eigenvalue weighted by atomic mass is 10.2. The van der Waals surface area contributed by atoms with Crippen LogP contribution in [0.4, 0.5) is 5.69 Å². The predicted molar refractivity (Wildman–Crippen MR) is 123 cm³/mol. The highest BCUT2D eigenvalue weighted by molar-refractivity contribution is 7.13. The average molecular weight is 436 g/mol. The van der Waals surface area contributed by atoms with Gasteiger partial charge in [-0.3, -0.25) is 9.59 Å². The highest BCUT2D eigenvalue weighted by Gasteiger charge is 2.23. The lowest BCUT2D eigenvalue weighted by Crippen LogP contribution is -2.38. The Kier molecular flexibility index (Phi) is 6.62. The fourth-order valence-corrected chi connectivity index (χ4v) is 4.31. The number of anilines is 1. The molecule has 31 heavy (non-hydrogen) atoms. The minimum atomic E-state index is -0.121. The van der Waals surface area contributed by atoms with Crippen LogP contribution >= 0.6 is 11.3 Å². The normalized spacial score (nSPS) is 12.7. The van der Waals surface area contributed by atoms with Gasteiger partial charge in [-0.2, -0.15) is 0 Å². The van der Waals surface area contributed by atoms with Gasteiger partial charge in [0.25, 0.3) is 0 Å². The Morgan fingerprint density at radius 1 is 1.13 bits per heavy atom. The minimum Gasteiger partial charge on any atom is -0.490 e. The van der Waals surface area contributed by atoms with Crippen LogP contribution in [0.1, 0.15) is 24.1 Å². The maximum Gasteiger partial charge on any atom is 0.227 e. The third-order valence-corrected chi connectivity index (χ3v) is 6.09. The summed E-state index contributed by atoms with van der Waals surface area (Å²) in [6, 6.07) is 15.8. The van der Waals surface area contributed by atoms with Crippen LogP contribution in [0, 0.1) is 6.92 Å². The standard InChI is InChI=1S/C24H25N3O3S/c1-17-6-8-18(9-7-17)24-26-19(16-31-24)12-13-25-22(28)10-11-23(29)27-14-15-30-21-5-3-2-4-20(21)27/h2-9,16H,10-15H2,1H3,(H,25,28). The van der Waals surface area contributed by atoms with E-state index in [1.54, 1.807) is 16.2 Å². The second-order valence-electron chi connectivity index (χ2n) is 7.47. The molecule has 1 aliphatic heterocycles. The van der Waals surface area contributed by atoms with E-state index >= 15 is 0 Å². The average Bonchev–Trinajstić information content (AvgIpc) is 3.26. The number of nitrogens with one attached hydrogen (secondary N) is 1. The summed E-state index contributed by atoms with van der Waals surface area (Å²) in [5.74, 6) is 0.525. The molecule has 0 spiro atoms. The fraction of sp³-hybridized carbons (Fsp3) is 0.292. The maximum atomic E-state index is 12.6. The molecule has 160 valence electrons. The Morgan fingerprint density at radius 2 is 1.94 bits per heavy atom. The molecule has 6 nitrogen and oxygen atoms in total. The first-order chi connectivity index (χ1) is 15.1. The van der Waals surface area contributed by atoms with Crippen LogP contribution in [0.25, 0.3) is 10.6 Å². The van der Waals surface area contributed by atoms with Crippen LogP contribution in [-0.4, -0.2) is 36.5 Å². The van der Waals surface area contributed by atoms with Gasteiger partial charge >= 0.3 is 0 Å². The third kappa shape index (κ3) is 5.30. The number of carbonyl (C=O) groups is 2. The number of nitrogens with zero attached hydrogens (tertiary/aromatic N) is 2. The molecule has 2 aromatic carbocycles. The van der Waals surface area contributed by atoms with Crippen LogP contribution in [-0.2, 0) is 16.0 Å². The second kappa shape index (κ2) is 9.75. The van der Waals surface area contributed by atoms with Crippen LogP contribution in [0.5, 0.6) is 5.75 Å². The quantitative estimate of drug-likeness (QED) is 0.609. The van der Waals surface area contributed by atoms with Gasteiger partial charge in [0.1, 0.15) is 17.4 Å². The van der Waals surface area contributed by atoms with E-state index in [4.69, 9.17) is 4.74 Å². The molecule has 2 amide bonds. The summed E-state index contributed by atoms with van der Waals surface area (Å²) in [5, 5.41) is 5.91. The van der Waals surface area contributed by atoms with Crippen LogP contribution in [0.2, 0.25) is 0 Å². The van der Waals surface area contributed by atoms with Crippen molar-refractivity contribution in [2.24, 2.45) is 0 Å². The molecule has 0 aliphatic carbocycles. The molecule has 2 heterocycles. The Bertz CT molecular complexity index is 1060. The topological polar surface area (TPSA) is 71.5 Å². The number of ether oxygens (including phenoxy) is 1. The van der Waals surface area contributed by atoms with Gasteiger partial charge in [0.15, 0.2) is 0 Å². The van der Waals surface area contributed by atoms with E-state index < -0.39 is 0 Å². The first kappa shape index (κ1) is 21.1. The van der Waals surface area contributed by atoms with Crippen molar-refractivity contribution < 1.29 is 14.3 Å². The summed E-state index contributed by atoms with van der Waals surface area (Å²) in [6.45, 7) is 3.54. The number of aryl methyl sites for hydroxylation is 1. The number of thiazole rings is 1. The Hall–Kier alpha value is -3.19. The van der Waals surface area contributed by atoms with Gasteiger partial charge in [0, 0.05) is 36.8 Å². The molecule has 0 atom stereocenters. The molecule has 1 aliphatic rings. The third-order valence-electron chi connectivity index (χ3n) is 5.15. The van der Waals surface area contributed by atoms with Crippen molar-refractivity contribution in [1.29, 1.82) is 0 Å². The first-order valence-electron chi connectivity index (χ1n) is 10.4. The van der Waals surface area contributed by atoms with Crippen LogP contribution in [0.15, 0.2) is 53.9 Å². The molecule has 0 radical (unpaired) electrons. The molecule has 0 unspecified atom stereocenters. The van der Waals surface area contributed by atoms with Gasteiger partial charge in [-0.1, -0.05) is 42.0 Å². The van der Waals surface area contributed by atoms with Crippen molar-refractivity contribution in [3.05, 3.63) is 65.2 Å². The number of aromatic nitrogens is 1. The van der Waals surface area contributed by atoms with Gasteiger partial charge in [0.05, 0.1) is 17.9 Å². The monoisotopic (exact) mass is 435 g/mol. The number of fused-ring (bicyclic) bond motifs is 1. The molecule has 4 rings (SSSR count). The smallest absolute Gasteiger partial charge is 0.227 e. The van der Waals surface area contributed by atoms with Gasteiger partial charge in [-0.15, -0.1) is 11.3 Å². The number of carbonyl (C=O) groups excluding carboxylic acids is 2. The summed E-state index contributed by atoms with van der Waals surface area (Å²) in [4.78, 5) is 31.2. The second-order valence-corrected chi connectivity index (χ2v) is 8.33. The van der Waals surface area contributed by atoms with E-state index in [2.05, 4.69) is 41.5 Å². The van der Waals surface area contributed by atoms with Crippen molar-refractivity contribution in [2.45, 2.75) is 26.2 Å². The SMILES string of the molecule is Cc1ccc(-c2nc(CCNC(=O)CCC(=O)N3CCOc4ccccc43)cs2)cc1.